The summed E-state index contributed by atoms with van der Waals surface area (Å²) < 4.78 is 9.74. The van der Waals surface area contributed by atoms with Crippen LogP contribution in [0, 0.1) is 0 Å². The smallest absolute Gasteiger partial charge is 0.339 e. The van der Waals surface area contributed by atoms with Crippen molar-refractivity contribution in [1.29, 1.82) is 0 Å². The molecule has 84 valence electrons. The Kier molecular flexibility index (Phi) is 4.82. The molecule has 0 aliphatic heterocycles. The number of hydroxylamine groups is 1. The quantitative estimate of drug-likeness (QED) is 0.513. The zero-order valence-corrected chi connectivity index (χ0v) is 8.36. The van der Waals surface area contributed by atoms with E-state index < -0.39 is 5.97 Å². The van der Waals surface area contributed by atoms with Gasteiger partial charge in [0, 0.05) is 7.11 Å². The van der Waals surface area contributed by atoms with Gasteiger partial charge in [-0.25, -0.2) is 4.79 Å². The molecule has 0 aromatic carbocycles. The van der Waals surface area contributed by atoms with Crippen LogP contribution in [0.5, 0.6) is 0 Å². The van der Waals surface area contributed by atoms with Gasteiger partial charge in [0.2, 0.25) is 0 Å². The van der Waals surface area contributed by atoms with Crippen LogP contribution in [0.1, 0.15) is 16.1 Å². The van der Waals surface area contributed by atoms with Crippen molar-refractivity contribution in [2.24, 2.45) is 0 Å². The molecule has 6 heteroatoms. The fraction of sp³-hybridized carbons (Fsp3) is 0.444. The second-order valence-electron chi connectivity index (χ2n) is 2.72. The number of hydrogen-bond acceptors (Lipinski definition) is 5. The predicted octanol–water partition coefficient (Wildman–Crippen LogP) is 0.645. The minimum atomic E-state index is -1.02. The SMILES string of the molecule is COCCONCc1occc1C(=O)O. The average Bonchev–Trinajstić information content (AvgIpc) is 2.66. The van der Waals surface area contributed by atoms with E-state index in [2.05, 4.69) is 5.48 Å². The van der Waals surface area contributed by atoms with Gasteiger partial charge in [-0.1, -0.05) is 0 Å². The normalized spacial score (nSPS) is 10.5. The van der Waals surface area contributed by atoms with Gasteiger partial charge in [-0.05, 0) is 6.07 Å². The summed E-state index contributed by atoms with van der Waals surface area (Å²) in [5, 5.41) is 8.75. The monoisotopic (exact) mass is 215 g/mol. The Labute approximate surface area is 86.7 Å². The number of carboxylic acids is 1. The number of carbonyl (C=O) groups is 1. The highest BCUT2D eigenvalue weighted by atomic mass is 16.7. The first kappa shape index (κ1) is 11.7. The first-order valence-corrected chi connectivity index (χ1v) is 4.39. The minimum Gasteiger partial charge on any atom is -0.478 e. The molecule has 0 spiro atoms. The average molecular weight is 215 g/mol. The maximum absolute atomic E-state index is 10.7. The molecule has 0 atom stereocenters. The molecular formula is C9H13NO5. The van der Waals surface area contributed by atoms with Crippen molar-refractivity contribution in [3.05, 3.63) is 23.7 Å². The number of rotatable bonds is 7. The molecule has 2 N–H and O–H groups in total. The molecule has 0 aliphatic carbocycles. The number of furan rings is 1. The first-order chi connectivity index (χ1) is 7.25. The standard InChI is InChI=1S/C9H13NO5/c1-13-4-5-15-10-6-8-7(9(11)12)2-3-14-8/h2-3,10H,4-6H2,1H3,(H,11,12). The number of methoxy groups -OCH3 is 1. The van der Waals surface area contributed by atoms with E-state index in [0.29, 0.717) is 19.0 Å². The molecule has 0 amide bonds. The van der Waals surface area contributed by atoms with Crippen molar-refractivity contribution in [1.82, 2.24) is 5.48 Å². The van der Waals surface area contributed by atoms with E-state index in [1.807, 2.05) is 0 Å². The maximum Gasteiger partial charge on any atom is 0.339 e. The molecule has 0 saturated carbocycles. The fourth-order valence-corrected chi connectivity index (χ4v) is 0.982. The fourth-order valence-electron chi connectivity index (χ4n) is 0.982. The van der Waals surface area contributed by atoms with E-state index in [4.69, 9.17) is 19.1 Å². The molecule has 0 radical (unpaired) electrons. The van der Waals surface area contributed by atoms with Crippen LogP contribution in [0.2, 0.25) is 0 Å². The summed E-state index contributed by atoms with van der Waals surface area (Å²) in [5.74, 6) is -0.683. The van der Waals surface area contributed by atoms with Crippen molar-refractivity contribution in [3.63, 3.8) is 0 Å². The Balaban J connectivity index is 2.31. The van der Waals surface area contributed by atoms with Crippen LogP contribution in [0.25, 0.3) is 0 Å². The summed E-state index contributed by atoms with van der Waals surface area (Å²) in [6.07, 6.45) is 1.33. The summed E-state index contributed by atoms with van der Waals surface area (Å²) >= 11 is 0. The zero-order valence-electron chi connectivity index (χ0n) is 8.36. The lowest BCUT2D eigenvalue weighted by Crippen LogP contribution is -2.18. The molecule has 0 aliphatic rings. The van der Waals surface area contributed by atoms with Gasteiger partial charge in [0.25, 0.3) is 0 Å². The lowest BCUT2D eigenvalue weighted by Gasteiger charge is -2.03. The van der Waals surface area contributed by atoms with Gasteiger partial charge >= 0.3 is 5.97 Å². The van der Waals surface area contributed by atoms with Gasteiger partial charge in [0.15, 0.2) is 0 Å². The zero-order chi connectivity index (χ0) is 11.1. The molecule has 15 heavy (non-hydrogen) atoms. The third-order valence-electron chi connectivity index (χ3n) is 1.70. The van der Waals surface area contributed by atoms with Gasteiger partial charge in [-0.2, -0.15) is 5.48 Å². The number of aromatic carboxylic acids is 1. The molecule has 1 aromatic rings. The second-order valence-corrected chi connectivity index (χ2v) is 2.72. The topological polar surface area (TPSA) is 80.9 Å². The van der Waals surface area contributed by atoms with E-state index in [1.165, 1.54) is 12.3 Å². The number of carboxylic acid groups (broad SMARTS) is 1. The third kappa shape index (κ3) is 3.70. The molecule has 0 bridgehead atoms. The Hall–Kier alpha value is -1.37. The summed E-state index contributed by atoms with van der Waals surface area (Å²) in [6, 6.07) is 1.40. The highest BCUT2D eigenvalue weighted by Gasteiger charge is 2.12. The highest BCUT2D eigenvalue weighted by molar-refractivity contribution is 5.88. The minimum absolute atomic E-state index is 0.137. The summed E-state index contributed by atoms with van der Waals surface area (Å²) in [6.45, 7) is 1.06. The van der Waals surface area contributed by atoms with Crippen LogP contribution < -0.4 is 5.48 Å². The second kappa shape index (κ2) is 6.18. The highest BCUT2D eigenvalue weighted by Crippen LogP contribution is 2.09. The van der Waals surface area contributed by atoms with Gasteiger partial charge in [0.1, 0.15) is 11.3 Å². The van der Waals surface area contributed by atoms with Crippen LogP contribution in [-0.2, 0) is 16.1 Å². The molecule has 0 fully saturated rings. The van der Waals surface area contributed by atoms with E-state index in [9.17, 15) is 4.79 Å². The first-order valence-electron chi connectivity index (χ1n) is 4.39. The summed E-state index contributed by atoms with van der Waals surface area (Å²) in [4.78, 5) is 15.6. The van der Waals surface area contributed by atoms with Crippen molar-refractivity contribution in [3.8, 4) is 0 Å². The molecule has 1 aromatic heterocycles. The van der Waals surface area contributed by atoms with E-state index in [-0.39, 0.29) is 12.1 Å². The molecular weight excluding hydrogens is 202 g/mol. The van der Waals surface area contributed by atoms with Gasteiger partial charge in [-0.3, -0.25) is 4.84 Å². The van der Waals surface area contributed by atoms with E-state index in [0.717, 1.165) is 0 Å². The van der Waals surface area contributed by atoms with Gasteiger partial charge in [0.05, 0.1) is 26.0 Å². The number of hydrogen-bond donors (Lipinski definition) is 2. The predicted molar refractivity (Wildman–Crippen MR) is 50.3 cm³/mol. The Bertz CT molecular complexity index is 309. The molecule has 1 rings (SSSR count). The molecule has 0 saturated heterocycles. The summed E-state index contributed by atoms with van der Waals surface area (Å²) in [5.41, 5.74) is 2.72. The van der Waals surface area contributed by atoms with E-state index in [1.54, 1.807) is 7.11 Å². The Morgan fingerprint density at radius 1 is 1.60 bits per heavy atom. The van der Waals surface area contributed by atoms with Crippen molar-refractivity contribution >= 4 is 5.97 Å². The molecule has 0 unspecified atom stereocenters. The lowest BCUT2D eigenvalue weighted by molar-refractivity contribution is 0.000849. The van der Waals surface area contributed by atoms with Crippen LogP contribution in [0.15, 0.2) is 16.7 Å². The van der Waals surface area contributed by atoms with E-state index >= 15 is 0 Å². The molecule has 1 heterocycles. The van der Waals surface area contributed by atoms with Gasteiger partial charge in [-0.15, -0.1) is 0 Å². The van der Waals surface area contributed by atoms with Crippen molar-refractivity contribution < 1.29 is 23.9 Å². The number of nitrogens with one attached hydrogen (secondary N) is 1. The van der Waals surface area contributed by atoms with Crippen LogP contribution >= 0.6 is 0 Å². The third-order valence-corrected chi connectivity index (χ3v) is 1.70. The maximum atomic E-state index is 10.7. The van der Waals surface area contributed by atoms with Crippen LogP contribution in [-0.4, -0.2) is 31.4 Å². The largest absolute Gasteiger partial charge is 0.478 e. The lowest BCUT2D eigenvalue weighted by atomic mass is 10.2. The molecule has 6 nitrogen and oxygen atoms in total. The van der Waals surface area contributed by atoms with Gasteiger partial charge < -0.3 is 14.3 Å². The number of ether oxygens (including phenoxy) is 1. The van der Waals surface area contributed by atoms with Crippen molar-refractivity contribution in [2.75, 3.05) is 20.3 Å². The van der Waals surface area contributed by atoms with Crippen molar-refractivity contribution in [2.45, 2.75) is 6.54 Å². The Morgan fingerprint density at radius 3 is 3.07 bits per heavy atom. The van der Waals surface area contributed by atoms with Crippen LogP contribution in [0.4, 0.5) is 0 Å². The Morgan fingerprint density at radius 2 is 2.40 bits per heavy atom. The summed E-state index contributed by atoms with van der Waals surface area (Å²) in [7, 11) is 1.57. The van der Waals surface area contributed by atoms with Crippen LogP contribution in [0.3, 0.4) is 0 Å².